The number of carbonyl (C=O) groups excluding carboxylic acids is 1. The van der Waals surface area contributed by atoms with E-state index in [4.69, 9.17) is 27.9 Å². The molecule has 3 rings (SSSR count). The van der Waals surface area contributed by atoms with Gasteiger partial charge >= 0.3 is 0 Å². The number of anilines is 1. The number of benzene rings is 3. The van der Waals surface area contributed by atoms with Crippen molar-refractivity contribution >= 4 is 63.5 Å². The molecule has 3 aromatic rings. The zero-order valence-corrected chi connectivity index (χ0v) is 21.0. The van der Waals surface area contributed by atoms with E-state index in [0.717, 1.165) is 25.8 Å². The summed E-state index contributed by atoms with van der Waals surface area (Å²) in [6.07, 6.45) is 1.56. The highest BCUT2D eigenvalue weighted by Gasteiger charge is 2.11. The quantitative estimate of drug-likeness (QED) is 0.190. The van der Waals surface area contributed by atoms with Crippen LogP contribution in [0.3, 0.4) is 0 Å². The molecule has 32 heavy (non-hydrogen) atoms. The fourth-order valence-electron chi connectivity index (χ4n) is 2.85. The number of hydrogen-bond acceptors (Lipinski definition) is 3. The number of carbonyl (C=O) groups is 1. The molecule has 0 unspecified atom stereocenters. The Morgan fingerprint density at radius 3 is 2.50 bits per heavy atom. The molecule has 0 saturated heterocycles. The van der Waals surface area contributed by atoms with Gasteiger partial charge in [0.05, 0.1) is 13.6 Å². The van der Waals surface area contributed by atoms with Crippen molar-refractivity contribution in [1.29, 1.82) is 5.26 Å². The number of amides is 1. The second-order valence-corrected chi connectivity index (χ2v) is 9.13. The van der Waals surface area contributed by atoms with Gasteiger partial charge in [0.25, 0.3) is 5.91 Å². The van der Waals surface area contributed by atoms with Crippen LogP contribution in [-0.4, -0.2) is 5.91 Å². The summed E-state index contributed by atoms with van der Waals surface area (Å²) >= 11 is 14.1. The predicted molar refractivity (Wildman–Crippen MR) is 138 cm³/mol. The van der Waals surface area contributed by atoms with Crippen LogP contribution in [0.25, 0.3) is 6.08 Å². The summed E-state index contributed by atoms with van der Waals surface area (Å²) in [5.74, 6) is 0.234. The first-order valence-electron chi connectivity index (χ1n) is 9.63. The van der Waals surface area contributed by atoms with Crippen LogP contribution in [0.4, 0.5) is 5.69 Å². The lowest BCUT2D eigenvalue weighted by Crippen LogP contribution is -2.13. The fourth-order valence-corrected chi connectivity index (χ4v) is 3.86. The normalized spacial score (nSPS) is 11.1. The summed E-state index contributed by atoms with van der Waals surface area (Å²) in [5, 5.41) is 13.2. The molecule has 0 aliphatic carbocycles. The summed E-state index contributed by atoms with van der Waals surface area (Å²) in [7, 11) is 0. The highest BCUT2D eigenvalue weighted by molar-refractivity contribution is 14.1. The summed E-state index contributed by atoms with van der Waals surface area (Å²) in [6, 6.07) is 18.4. The first-order valence-corrected chi connectivity index (χ1v) is 11.5. The first kappa shape index (κ1) is 24.1. The zero-order chi connectivity index (χ0) is 23.3. The fraction of sp³-hybridized carbons (Fsp3) is 0.120. The number of hydrogen-bond donors (Lipinski definition) is 1. The molecule has 4 nitrogen and oxygen atoms in total. The van der Waals surface area contributed by atoms with Gasteiger partial charge in [-0.05, 0) is 101 Å². The van der Waals surface area contributed by atoms with Gasteiger partial charge in [0.15, 0.2) is 0 Å². The van der Waals surface area contributed by atoms with Crippen molar-refractivity contribution in [2.24, 2.45) is 0 Å². The van der Waals surface area contributed by atoms with Crippen LogP contribution in [-0.2, 0) is 11.4 Å². The van der Waals surface area contributed by atoms with Crippen molar-refractivity contribution in [3.8, 4) is 11.8 Å². The van der Waals surface area contributed by atoms with Gasteiger partial charge in [-0.1, -0.05) is 41.4 Å². The number of nitrogens with zero attached hydrogens (tertiary/aromatic N) is 1. The van der Waals surface area contributed by atoms with Gasteiger partial charge in [-0.3, -0.25) is 4.79 Å². The van der Waals surface area contributed by atoms with E-state index in [1.54, 1.807) is 30.3 Å². The van der Waals surface area contributed by atoms with Crippen molar-refractivity contribution < 1.29 is 9.53 Å². The molecule has 7 heteroatoms. The molecule has 0 aliphatic rings. The van der Waals surface area contributed by atoms with E-state index in [1.807, 2.05) is 50.2 Å². The molecular weight excluding hydrogens is 558 g/mol. The molecule has 0 radical (unpaired) electrons. The lowest BCUT2D eigenvalue weighted by molar-refractivity contribution is -0.112. The standard InChI is InChI=1S/C25H19Cl2IN2O2/c1-15-3-6-20(9-16(15)2)30-25(31)19(13-29)10-17-5-8-24(23(28)12-17)32-14-18-4-7-21(26)22(27)11-18/h3-12H,14H2,1-2H3,(H,30,31)/b19-10+. The average molecular weight is 577 g/mol. The summed E-state index contributed by atoms with van der Waals surface area (Å²) in [6.45, 7) is 4.31. The second kappa shape index (κ2) is 10.9. The van der Waals surface area contributed by atoms with Gasteiger partial charge in [-0.2, -0.15) is 5.26 Å². The summed E-state index contributed by atoms with van der Waals surface area (Å²) in [4.78, 5) is 12.6. The van der Waals surface area contributed by atoms with Crippen LogP contribution in [0, 0.1) is 28.7 Å². The number of ether oxygens (including phenoxy) is 1. The van der Waals surface area contributed by atoms with Gasteiger partial charge in [-0.15, -0.1) is 0 Å². The van der Waals surface area contributed by atoms with E-state index < -0.39 is 5.91 Å². The molecule has 0 fully saturated rings. The van der Waals surface area contributed by atoms with Crippen molar-refractivity contribution in [3.05, 3.63) is 96.0 Å². The molecule has 0 heterocycles. The van der Waals surface area contributed by atoms with Crippen LogP contribution in [0.15, 0.2) is 60.2 Å². The van der Waals surface area contributed by atoms with E-state index in [1.165, 1.54) is 0 Å². The Bertz CT molecular complexity index is 1250. The molecule has 162 valence electrons. The highest BCUT2D eigenvalue weighted by Crippen LogP contribution is 2.26. The largest absolute Gasteiger partial charge is 0.488 e. The maximum Gasteiger partial charge on any atom is 0.266 e. The summed E-state index contributed by atoms with van der Waals surface area (Å²) in [5.41, 5.74) is 4.49. The monoisotopic (exact) mass is 576 g/mol. The van der Waals surface area contributed by atoms with Gasteiger partial charge in [0, 0.05) is 5.69 Å². The molecule has 0 bridgehead atoms. The number of aryl methyl sites for hydroxylation is 2. The molecule has 0 atom stereocenters. The first-order chi connectivity index (χ1) is 15.3. The molecule has 0 aliphatic heterocycles. The van der Waals surface area contributed by atoms with E-state index >= 15 is 0 Å². The van der Waals surface area contributed by atoms with Crippen LogP contribution < -0.4 is 10.1 Å². The van der Waals surface area contributed by atoms with E-state index in [2.05, 4.69) is 27.9 Å². The Hall–Kier alpha value is -2.53. The van der Waals surface area contributed by atoms with Gasteiger partial charge in [0.1, 0.15) is 24.0 Å². The SMILES string of the molecule is Cc1ccc(NC(=O)/C(C#N)=C/c2ccc(OCc3ccc(Cl)c(Cl)c3)c(I)c2)cc1C. The third-order valence-electron chi connectivity index (χ3n) is 4.78. The van der Waals surface area contributed by atoms with Gasteiger partial charge < -0.3 is 10.1 Å². The van der Waals surface area contributed by atoms with Crippen LogP contribution >= 0.6 is 45.8 Å². The third-order valence-corrected chi connectivity index (χ3v) is 6.36. The van der Waals surface area contributed by atoms with Crippen molar-refractivity contribution in [2.45, 2.75) is 20.5 Å². The van der Waals surface area contributed by atoms with E-state index in [9.17, 15) is 10.1 Å². The third kappa shape index (κ3) is 6.26. The van der Waals surface area contributed by atoms with Crippen LogP contribution in [0.1, 0.15) is 22.3 Å². The van der Waals surface area contributed by atoms with Crippen LogP contribution in [0.2, 0.25) is 10.0 Å². The predicted octanol–water partition coefficient (Wildman–Crippen LogP) is 7.34. The molecule has 0 aromatic heterocycles. The Balaban J connectivity index is 1.71. The molecule has 0 spiro atoms. The molecule has 3 aromatic carbocycles. The Labute approximate surface area is 210 Å². The second-order valence-electron chi connectivity index (χ2n) is 7.15. The van der Waals surface area contributed by atoms with Crippen molar-refractivity contribution in [2.75, 3.05) is 5.32 Å². The average Bonchev–Trinajstić information content (AvgIpc) is 2.76. The van der Waals surface area contributed by atoms with E-state index in [-0.39, 0.29) is 5.57 Å². The Morgan fingerprint density at radius 1 is 1.06 bits per heavy atom. The Kier molecular flexibility index (Phi) is 8.19. The maximum atomic E-state index is 12.6. The van der Waals surface area contributed by atoms with Gasteiger partial charge in [0.2, 0.25) is 0 Å². The topological polar surface area (TPSA) is 62.1 Å². The lowest BCUT2D eigenvalue weighted by atomic mass is 10.1. The minimum Gasteiger partial charge on any atom is -0.488 e. The highest BCUT2D eigenvalue weighted by atomic mass is 127. The number of halogens is 3. The molecular formula is C25H19Cl2IN2O2. The maximum absolute atomic E-state index is 12.6. The molecule has 1 amide bonds. The number of rotatable bonds is 6. The summed E-state index contributed by atoms with van der Waals surface area (Å²) < 4.78 is 6.73. The van der Waals surface area contributed by atoms with Crippen molar-refractivity contribution in [1.82, 2.24) is 0 Å². The smallest absolute Gasteiger partial charge is 0.266 e. The minimum atomic E-state index is -0.453. The van der Waals surface area contributed by atoms with E-state index in [0.29, 0.717) is 28.1 Å². The minimum absolute atomic E-state index is 0.0171. The van der Waals surface area contributed by atoms with Crippen molar-refractivity contribution in [3.63, 3.8) is 0 Å². The zero-order valence-electron chi connectivity index (χ0n) is 17.4. The number of nitrogens with one attached hydrogen (secondary N) is 1. The molecule has 0 saturated carbocycles. The number of nitriles is 1. The van der Waals surface area contributed by atoms with Crippen LogP contribution in [0.5, 0.6) is 5.75 Å². The van der Waals surface area contributed by atoms with Gasteiger partial charge in [-0.25, -0.2) is 0 Å². The Morgan fingerprint density at radius 2 is 1.84 bits per heavy atom. The lowest BCUT2D eigenvalue weighted by Gasteiger charge is -2.10. The molecule has 1 N–H and O–H groups in total.